The third kappa shape index (κ3) is 3.91. The average Bonchev–Trinajstić information content (AvgIpc) is 3.47. The van der Waals surface area contributed by atoms with Gasteiger partial charge in [-0.2, -0.15) is 0 Å². The fourth-order valence-electron chi connectivity index (χ4n) is 4.18. The van der Waals surface area contributed by atoms with Gasteiger partial charge in [-0.05, 0) is 41.6 Å². The van der Waals surface area contributed by atoms with E-state index in [-0.39, 0.29) is 5.91 Å². The molecule has 4 aromatic rings. The maximum atomic E-state index is 13.1. The van der Waals surface area contributed by atoms with Crippen molar-refractivity contribution in [2.24, 2.45) is 0 Å². The number of hydrogen-bond acceptors (Lipinski definition) is 3. The Bertz CT molecular complexity index is 1130. The molecule has 0 bridgehead atoms. The molecule has 30 heavy (non-hydrogen) atoms. The highest BCUT2D eigenvalue weighted by Gasteiger charge is 2.22. The summed E-state index contributed by atoms with van der Waals surface area (Å²) in [6.07, 6.45) is 3.10. The van der Waals surface area contributed by atoms with Crippen LogP contribution in [0.15, 0.2) is 72.2 Å². The molecule has 2 aromatic heterocycles. The van der Waals surface area contributed by atoms with Gasteiger partial charge in [0.1, 0.15) is 0 Å². The van der Waals surface area contributed by atoms with Gasteiger partial charge in [0.2, 0.25) is 0 Å². The quantitative estimate of drug-likeness (QED) is 0.504. The molecule has 1 aliphatic heterocycles. The van der Waals surface area contributed by atoms with Crippen LogP contribution in [0.3, 0.4) is 0 Å². The molecular weight excluding hydrogens is 390 g/mol. The Balaban J connectivity index is 1.24. The zero-order valence-corrected chi connectivity index (χ0v) is 17.7. The minimum atomic E-state index is 0.137. The summed E-state index contributed by atoms with van der Waals surface area (Å²) in [7, 11) is 0. The van der Waals surface area contributed by atoms with E-state index in [0.717, 1.165) is 55.6 Å². The summed E-state index contributed by atoms with van der Waals surface area (Å²) in [5.41, 5.74) is 4.39. The second-order valence-corrected chi connectivity index (χ2v) is 8.76. The van der Waals surface area contributed by atoms with Crippen molar-refractivity contribution in [3.8, 4) is 10.4 Å². The van der Waals surface area contributed by atoms with Crippen LogP contribution in [0.1, 0.15) is 15.9 Å². The van der Waals surface area contributed by atoms with E-state index in [2.05, 4.69) is 57.7 Å². The second-order valence-electron chi connectivity index (χ2n) is 7.81. The molecule has 3 heterocycles. The van der Waals surface area contributed by atoms with Gasteiger partial charge in [-0.15, -0.1) is 11.3 Å². The highest BCUT2D eigenvalue weighted by atomic mass is 32.1. The van der Waals surface area contributed by atoms with E-state index in [1.54, 1.807) is 11.3 Å². The molecule has 1 saturated heterocycles. The summed E-state index contributed by atoms with van der Waals surface area (Å²) in [4.78, 5) is 22.2. The Labute approximate surface area is 180 Å². The lowest BCUT2D eigenvalue weighted by molar-refractivity contribution is 0.0638. The zero-order chi connectivity index (χ0) is 20.3. The number of piperazine rings is 1. The molecule has 1 aliphatic rings. The van der Waals surface area contributed by atoms with Gasteiger partial charge in [0.05, 0.1) is 0 Å². The molecule has 2 aromatic carbocycles. The van der Waals surface area contributed by atoms with Crippen LogP contribution in [0.5, 0.6) is 0 Å². The van der Waals surface area contributed by atoms with Crippen LogP contribution in [0.25, 0.3) is 21.3 Å². The number of benzene rings is 2. The molecule has 1 fully saturated rings. The normalized spacial score (nSPS) is 15.0. The number of amides is 1. The lowest BCUT2D eigenvalue weighted by atomic mass is 10.1. The van der Waals surface area contributed by atoms with Crippen LogP contribution in [0.4, 0.5) is 0 Å². The molecule has 0 spiro atoms. The molecule has 152 valence electrons. The molecule has 4 nitrogen and oxygen atoms in total. The summed E-state index contributed by atoms with van der Waals surface area (Å²) in [6.45, 7) is 4.50. The first kappa shape index (κ1) is 19.1. The van der Waals surface area contributed by atoms with E-state index in [1.165, 1.54) is 16.0 Å². The van der Waals surface area contributed by atoms with Crippen molar-refractivity contribution < 1.29 is 4.79 Å². The van der Waals surface area contributed by atoms with Crippen molar-refractivity contribution >= 4 is 28.1 Å². The van der Waals surface area contributed by atoms with Crippen molar-refractivity contribution in [1.29, 1.82) is 0 Å². The highest BCUT2D eigenvalue weighted by Crippen LogP contribution is 2.32. The number of fused-ring (bicyclic) bond motifs is 1. The maximum absolute atomic E-state index is 13.1. The number of carbonyl (C=O) groups excluding carboxylic acids is 1. The lowest BCUT2D eigenvalue weighted by Crippen LogP contribution is -2.49. The Kier molecular flexibility index (Phi) is 5.39. The van der Waals surface area contributed by atoms with Gasteiger partial charge < -0.3 is 9.88 Å². The third-order valence-corrected chi connectivity index (χ3v) is 6.84. The fraction of sp³-hybridized carbons (Fsp3) is 0.240. The van der Waals surface area contributed by atoms with Crippen LogP contribution in [0.2, 0.25) is 0 Å². The van der Waals surface area contributed by atoms with Gasteiger partial charge >= 0.3 is 0 Å². The number of hydrogen-bond donors (Lipinski definition) is 1. The third-order valence-electron chi connectivity index (χ3n) is 5.93. The zero-order valence-electron chi connectivity index (χ0n) is 16.9. The number of thiophene rings is 1. The van der Waals surface area contributed by atoms with E-state index >= 15 is 0 Å². The number of aromatic nitrogens is 1. The maximum Gasteiger partial charge on any atom is 0.253 e. The lowest BCUT2D eigenvalue weighted by Gasteiger charge is -2.34. The Morgan fingerprint density at radius 3 is 2.57 bits per heavy atom. The minimum absolute atomic E-state index is 0.137. The predicted molar refractivity (Wildman–Crippen MR) is 124 cm³/mol. The largest absolute Gasteiger partial charge is 0.361 e. The molecular formula is C25H25N3OS. The van der Waals surface area contributed by atoms with E-state index < -0.39 is 0 Å². The Morgan fingerprint density at radius 2 is 1.80 bits per heavy atom. The molecule has 0 unspecified atom stereocenters. The van der Waals surface area contributed by atoms with Gasteiger partial charge in [0, 0.05) is 65.8 Å². The number of rotatable bonds is 5. The van der Waals surface area contributed by atoms with E-state index in [0.29, 0.717) is 0 Å². The molecule has 0 aliphatic carbocycles. The van der Waals surface area contributed by atoms with Crippen molar-refractivity contribution in [3.63, 3.8) is 0 Å². The van der Waals surface area contributed by atoms with Crippen LogP contribution in [-0.4, -0.2) is 53.4 Å². The van der Waals surface area contributed by atoms with E-state index in [4.69, 9.17) is 0 Å². The summed E-state index contributed by atoms with van der Waals surface area (Å²) in [5, 5.41) is 3.20. The van der Waals surface area contributed by atoms with Gasteiger partial charge in [-0.3, -0.25) is 9.69 Å². The Hall–Kier alpha value is -2.89. The first-order chi connectivity index (χ1) is 14.8. The molecule has 5 rings (SSSR count). The van der Waals surface area contributed by atoms with Crippen LogP contribution in [0, 0.1) is 0 Å². The van der Waals surface area contributed by atoms with Crippen molar-refractivity contribution in [3.05, 3.63) is 83.4 Å². The number of H-pyrrole nitrogens is 1. The van der Waals surface area contributed by atoms with Gasteiger partial charge in [0.25, 0.3) is 5.91 Å². The van der Waals surface area contributed by atoms with Crippen molar-refractivity contribution in [2.45, 2.75) is 6.42 Å². The molecule has 1 amide bonds. The number of aromatic amines is 1. The van der Waals surface area contributed by atoms with Gasteiger partial charge in [0.15, 0.2) is 0 Å². The summed E-state index contributed by atoms with van der Waals surface area (Å²) in [6, 6.07) is 20.8. The molecule has 5 heteroatoms. The summed E-state index contributed by atoms with van der Waals surface area (Å²) < 4.78 is 0. The average molecular weight is 416 g/mol. The number of carbonyl (C=O) groups is 1. The summed E-state index contributed by atoms with van der Waals surface area (Å²) >= 11 is 1.72. The SMILES string of the molecule is O=C(c1ccc2[nH]cc(-c3cccs3)c2c1)N1CCN(CCc2ccccc2)CC1. The van der Waals surface area contributed by atoms with Gasteiger partial charge in [-0.25, -0.2) is 0 Å². The number of nitrogens with one attached hydrogen (secondary N) is 1. The van der Waals surface area contributed by atoms with Crippen LogP contribution < -0.4 is 0 Å². The molecule has 0 atom stereocenters. The standard InChI is InChI=1S/C25H25N3OS/c29-25(28-14-12-27(13-15-28)11-10-19-5-2-1-3-6-19)20-8-9-23-21(17-20)22(18-26-23)24-7-4-16-30-24/h1-9,16-18,26H,10-15H2. The molecule has 1 N–H and O–H groups in total. The van der Waals surface area contributed by atoms with Crippen LogP contribution in [-0.2, 0) is 6.42 Å². The predicted octanol–water partition coefficient (Wildman–Crippen LogP) is 4.90. The molecule has 0 saturated carbocycles. The smallest absolute Gasteiger partial charge is 0.253 e. The second kappa shape index (κ2) is 8.46. The Morgan fingerprint density at radius 1 is 0.967 bits per heavy atom. The summed E-state index contributed by atoms with van der Waals surface area (Å²) in [5.74, 6) is 0.137. The van der Waals surface area contributed by atoms with Crippen molar-refractivity contribution in [2.75, 3.05) is 32.7 Å². The fourth-order valence-corrected chi connectivity index (χ4v) is 4.94. The van der Waals surface area contributed by atoms with E-state index in [9.17, 15) is 4.79 Å². The molecule has 0 radical (unpaired) electrons. The topological polar surface area (TPSA) is 39.3 Å². The monoisotopic (exact) mass is 415 g/mol. The first-order valence-corrected chi connectivity index (χ1v) is 11.4. The van der Waals surface area contributed by atoms with Gasteiger partial charge in [-0.1, -0.05) is 36.4 Å². The highest BCUT2D eigenvalue weighted by molar-refractivity contribution is 7.13. The van der Waals surface area contributed by atoms with E-state index in [1.807, 2.05) is 29.3 Å². The van der Waals surface area contributed by atoms with Crippen LogP contribution >= 0.6 is 11.3 Å². The first-order valence-electron chi connectivity index (χ1n) is 10.5. The minimum Gasteiger partial charge on any atom is -0.361 e. The van der Waals surface area contributed by atoms with Crippen molar-refractivity contribution in [1.82, 2.24) is 14.8 Å². The number of nitrogens with zero attached hydrogens (tertiary/aromatic N) is 2.